The van der Waals surface area contributed by atoms with Crippen LogP contribution in [0.3, 0.4) is 0 Å². The zero-order valence-corrected chi connectivity index (χ0v) is 8.62. The molecular weight excluding hydrogens is 206 g/mol. The predicted molar refractivity (Wildman–Crippen MR) is 57.8 cm³/mol. The molecule has 0 aliphatic heterocycles. The summed E-state index contributed by atoms with van der Waals surface area (Å²) < 4.78 is 0. The highest BCUT2D eigenvalue weighted by molar-refractivity contribution is 7.80. The van der Waals surface area contributed by atoms with Crippen LogP contribution < -0.4 is 16.4 Å². The highest BCUT2D eigenvalue weighted by Gasteiger charge is 1.93. The third-order valence-corrected chi connectivity index (χ3v) is 2.08. The largest absolute Gasteiger partial charge is 0.376 e. The van der Waals surface area contributed by atoms with Crippen molar-refractivity contribution >= 4 is 33.8 Å². The molecule has 0 atom stereocenters. The molecule has 0 radical (unpaired) electrons. The van der Waals surface area contributed by atoms with E-state index < -0.39 is 0 Å². The Morgan fingerprint density at radius 1 is 1.62 bits per heavy atom. The van der Waals surface area contributed by atoms with Crippen molar-refractivity contribution in [3.8, 4) is 0 Å². The topological polar surface area (TPSA) is 75.9 Å². The average Bonchev–Trinajstić information content (AvgIpc) is 2.55. The van der Waals surface area contributed by atoms with Gasteiger partial charge in [0, 0.05) is 13.1 Å². The molecule has 0 spiro atoms. The normalized spacial score (nSPS) is 9.54. The molecule has 0 bridgehead atoms. The standard InChI is InChI=1S/C6H11N5S2/c7-5(12)8-2-1-3-9-6-11-10-4-13-6/h4H,1-3H2,(H,9,11)(H3,7,8,12). The first-order valence-electron chi connectivity index (χ1n) is 3.82. The molecule has 5 nitrogen and oxygen atoms in total. The van der Waals surface area contributed by atoms with Crippen LogP contribution in [0.25, 0.3) is 0 Å². The van der Waals surface area contributed by atoms with Gasteiger partial charge in [-0.3, -0.25) is 0 Å². The van der Waals surface area contributed by atoms with Crippen molar-refractivity contribution in [2.75, 3.05) is 18.4 Å². The molecule has 0 aromatic carbocycles. The van der Waals surface area contributed by atoms with Gasteiger partial charge < -0.3 is 16.4 Å². The Balaban J connectivity index is 1.99. The summed E-state index contributed by atoms with van der Waals surface area (Å²) in [6, 6.07) is 0. The Morgan fingerprint density at radius 2 is 2.46 bits per heavy atom. The lowest BCUT2D eigenvalue weighted by atomic mass is 10.4. The first-order chi connectivity index (χ1) is 6.29. The van der Waals surface area contributed by atoms with Crippen LogP contribution in [0.4, 0.5) is 5.13 Å². The van der Waals surface area contributed by atoms with Crippen LogP contribution in [-0.4, -0.2) is 28.4 Å². The van der Waals surface area contributed by atoms with E-state index in [2.05, 4.69) is 33.0 Å². The Labute approximate surface area is 85.7 Å². The number of hydrogen-bond acceptors (Lipinski definition) is 5. The second-order valence-corrected chi connectivity index (χ2v) is 3.59. The zero-order chi connectivity index (χ0) is 9.52. The number of aromatic nitrogens is 2. The lowest BCUT2D eigenvalue weighted by Gasteiger charge is -2.03. The maximum atomic E-state index is 5.25. The molecule has 0 aliphatic carbocycles. The first kappa shape index (κ1) is 10.1. The first-order valence-corrected chi connectivity index (χ1v) is 5.11. The Hall–Kier alpha value is -0.950. The average molecular weight is 217 g/mol. The van der Waals surface area contributed by atoms with Crippen molar-refractivity contribution in [3.63, 3.8) is 0 Å². The molecule has 72 valence electrons. The lowest BCUT2D eigenvalue weighted by molar-refractivity contribution is 0.804. The van der Waals surface area contributed by atoms with Crippen molar-refractivity contribution < 1.29 is 0 Å². The third kappa shape index (κ3) is 4.58. The van der Waals surface area contributed by atoms with Crippen LogP contribution in [0.1, 0.15) is 6.42 Å². The molecular formula is C6H11N5S2. The summed E-state index contributed by atoms with van der Waals surface area (Å²) in [6.07, 6.45) is 0.941. The second kappa shape index (κ2) is 5.65. The van der Waals surface area contributed by atoms with Gasteiger partial charge in [0.25, 0.3) is 0 Å². The minimum atomic E-state index is 0.343. The van der Waals surface area contributed by atoms with E-state index in [1.807, 2.05) is 0 Å². The predicted octanol–water partition coefficient (Wildman–Crippen LogP) is 0.173. The van der Waals surface area contributed by atoms with E-state index in [1.54, 1.807) is 5.51 Å². The third-order valence-electron chi connectivity index (χ3n) is 1.29. The number of nitrogens with two attached hydrogens (primary N) is 1. The summed E-state index contributed by atoms with van der Waals surface area (Å²) in [6.45, 7) is 1.62. The van der Waals surface area contributed by atoms with Crippen molar-refractivity contribution in [3.05, 3.63) is 5.51 Å². The quantitative estimate of drug-likeness (QED) is 0.482. The highest BCUT2D eigenvalue weighted by Crippen LogP contribution is 2.06. The maximum Gasteiger partial charge on any atom is 0.205 e. The molecule has 0 unspecified atom stereocenters. The van der Waals surface area contributed by atoms with Gasteiger partial charge >= 0.3 is 0 Å². The van der Waals surface area contributed by atoms with Crippen molar-refractivity contribution in [1.82, 2.24) is 15.5 Å². The Kier molecular flexibility index (Phi) is 4.41. The minimum absolute atomic E-state index is 0.343. The van der Waals surface area contributed by atoms with Gasteiger partial charge in [-0.1, -0.05) is 11.3 Å². The Bertz CT molecular complexity index is 248. The van der Waals surface area contributed by atoms with Crippen LogP contribution in [0.2, 0.25) is 0 Å². The number of rotatable bonds is 5. The van der Waals surface area contributed by atoms with Gasteiger partial charge in [0.15, 0.2) is 5.11 Å². The van der Waals surface area contributed by atoms with E-state index in [-0.39, 0.29) is 0 Å². The van der Waals surface area contributed by atoms with Crippen LogP contribution in [0.5, 0.6) is 0 Å². The molecule has 1 rings (SSSR count). The Morgan fingerprint density at radius 3 is 3.08 bits per heavy atom. The molecule has 0 saturated heterocycles. The molecule has 1 aromatic heterocycles. The molecule has 0 aliphatic rings. The highest BCUT2D eigenvalue weighted by atomic mass is 32.1. The van der Waals surface area contributed by atoms with Gasteiger partial charge in [0.05, 0.1) is 0 Å². The fraction of sp³-hybridized carbons (Fsp3) is 0.500. The summed E-state index contributed by atoms with van der Waals surface area (Å²) in [5, 5.41) is 14.7. The van der Waals surface area contributed by atoms with Gasteiger partial charge in [-0.2, -0.15) is 0 Å². The van der Waals surface area contributed by atoms with Gasteiger partial charge in [-0.15, -0.1) is 10.2 Å². The van der Waals surface area contributed by atoms with Crippen LogP contribution >= 0.6 is 23.6 Å². The number of nitrogens with one attached hydrogen (secondary N) is 2. The summed E-state index contributed by atoms with van der Waals surface area (Å²) in [5.74, 6) is 0. The van der Waals surface area contributed by atoms with Crippen molar-refractivity contribution in [2.45, 2.75) is 6.42 Å². The minimum Gasteiger partial charge on any atom is -0.376 e. The van der Waals surface area contributed by atoms with E-state index in [0.29, 0.717) is 5.11 Å². The summed E-state index contributed by atoms with van der Waals surface area (Å²) in [7, 11) is 0. The maximum absolute atomic E-state index is 5.25. The molecule has 13 heavy (non-hydrogen) atoms. The summed E-state index contributed by atoms with van der Waals surface area (Å²) >= 11 is 6.13. The number of nitrogens with zero attached hydrogens (tertiary/aromatic N) is 2. The lowest BCUT2D eigenvalue weighted by Crippen LogP contribution is -2.30. The van der Waals surface area contributed by atoms with Crippen LogP contribution in [0.15, 0.2) is 5.51 Å². The van der Waals surface area contributed by atoms with Gasteiger partial charge in [-0.05, 0) is 18.6 Å². The van der Waals surface area contributed by atoms with Gasteiger partial charge in [0.1, 0.15) is 5.51 Å². The van der Waals surface area contributed by atoms with Gasteiger partial charge in [0.2, 0.25) is 5.13 Å². The second-order valence-electron chi connectivity index (χ2n) is 2.32. The van der Waals surface area contributed by atoms with E-state index in [1.165, 1.54) is 11.3 Å². The summed E-state index contributed by atoms with van der Waals surface area (Å²) in [4.78, 5) is 0. The number of anilines is 1. The fourth-order valence-electron chi connectivity index (χ4n) is 0.745. The molecule has 0 amide bonds. The zero-order valence-electron chi connectivity index (χ0n) is 6.99. The monoisotopic (exact) mass is 217 g/mol. The van der Waals surface area contributed by atoms with E-state index in [9.17, 15) is 0 Å². The van der Waals surface area contributed by atoms with Crippen LogP contribution in [0, 0.1) is 0 Å². The van der Waals surface area contributed by atoms with E-state index in [0.717, 1.165) is 24.6 Å². The van der Waals surface area contributed by atoms with E-state index in [4.69, 9.17) is 5.73 Å². The van der Waals surface area contributed by atoms with Crippen LogP contribution in [-0.2, 0) is 0 Å². The molecule has 0 fully saturated rings. The van der Waals surface area contributed by atoms with Crippen molar-refractivity contribution in [2.24, 2.45) is 5.73 Å². The fourth-order valence-corrected chi connectivity index (χ4v) is 1.32. The number of thiocarbonyl (C=S) groups is 1. The molecule has 0 saturated carbocycles. The number of hydrogen-bond donors (Lipinski definition) is 3. The molecule has 1 aromatic rings. The SMILES string of the molecule is NC(=S)NCCCNc1nncs1. The van der Waals surface area contributed by atoms with Crippen molar-refractivity contribution in [1.29, 1.82) is 0 Å². The molecule has 7 heteroatoms. The molecule has 1 heterocycles. The molecule has 4 N–H and O–H groups in total. The smallest absolute Gasteiger partial charge is 0.205 e. The van der Waals surface area contributed by atoms with E-state index >= 15 is 0 Å². The van der Waals surface area contributed by atoms with Gasteiger partial charge in [-0.25, -0.2) is 0 Å². The summed E-state index contributed by atoms with van der Waals surface area (Å²) in [5.41, 5.74) is 6.94.